The topological polar surface area (TPSA) is 57.7 Å². The van der Waals surface area contributed by atoms with Crippen LogP contribution < -0.4 is 0 Å². The molecule has 0 spiro atoms. The van der Waals surface area contributed by atoms with Crippen molar-refractivity contribution in [2.24, 2.45) is 0 Å². The SMILES string of the molecule is Cc1ccc(S(=O)(=O)N(Cc2ccc(Cl)c(Cl)c2)C(=O)N2CCCC2)cc1. The van der Waals surface area contributed by atoms with E-state index in [1.165, 1.54) is 12.1 Å². The maximum Gasteiger partial charge on any atom is 0.334 e. The van der Waals surface area contributed by atoms with Crippen LogP contribution in [-0.4, -0.2) is 36.7 Å². The predicted molar refractivity (Wildman–Crippen MR) is 107 cm³/mol. The average molecular weight is 427 g/mol. The first kappa shape index (κ1) is 20.0. The summed E-state index contributed by atoms with van der Waals surface area (Å²) in [6.07, 6.45) is 1.74. The van der Waals surface area contributed by atoms with Gasteiger partial charge in [0.2, 0.25) is 0 Å². The zero-order valence-electron chi connectivity index (χ0n) is 14.9. The van der Waals surface area contributed by atoms with Crippen LogP contribution in [0.15, 0.2) is 47.4 Å². The minimum Gasteiger partial charge on any atom is -0.324 e. The number of halogens is 2. The molecule has 2 aromatic carbocycles. The molecule has 1 aliphatic rings. The van der Waals surface area contributed by atoms with Crippen molar-refractivity contribution in [3.63, 3.8) is 0 Å². The van der Waals surface area contributed by atoms with Crippen molar-refractivity contribution in [1.82, 2.24) is 9.21 Å². The third kappa shape index (κ3) is 4.39. The number of hydrogen-bond acceptors (Lipinski definition) is 3. The van der Waals surface area contributed by atoms with E-state index in [-0.39, 0.29) is 11.4 Å². The van der Waals surface area contributed by atoms with Crippen LogP contribution in [0.4, 0.5) is 4.79 Å². The molecule has 1 saturated heterocycles. The van der Waals surface area contributed by atoms with Gasteiger partial charge in [-0.15, -0.1) is 0 Å². The molecule has 2 aromatic rings. The number of likely N-dealkylation sites (tertiary alicyclic amines) is 1. The Morgan fingerprint density at radius 3 is 2.26 bits per heavy atom. The van der Waals surface area contributed by atoms with Gasteiger partial charge in [-0.2, -0.15) is 0 Å². The van der Waals surface area contributed by atoms with Crippen LogP contribution >= 0.6 is 23.2 Å². The molecule has 3 rings (SSSR count). The summed E-state index contributed by atoms with van der Waals surface area (Å²) < 4.78 is 27.4. The number of hydrogen-bond donors (Lipinski definition) is 0. The number of aryl methyl sites for hydroxylation is 1. The fraction of sp³-hybridized carbons (Fsp3) is 0.316. The maximum atomic E-state index is 13.2. The normalized spacial score (nSPS) is 14.4. The van der Waals surface area contributed by atoms with Gasteiger partial charge in [0.15, 0.2) is 0 Å². The molecule has 0 radical (unpaired) electrons. The summed E-state index contributed by atoms with van der Waals surface area (Å²) in [5, 5.41) is 0.690. The first-order valence-electron chi connectivity index (χ1n) is 8.61. The van der Waals surface area contributed by atoms with Gasteiger partial charge in [-0.05, 0) is 49.6 Å². The second kappa shape index (κ2) is 8.09. The Morgan fingerprint density at radius 1 is 1.04 bits per heavy atom. The maximum absolute atomic E-state index is 13.2. The van der Waals surface area contributed by atoms with Crippen molar-refractivity contribution in [2.45, 2.75) is 31.2 Å². The zero-order chi connectivity index (χ0) is 19.6. The van der Waals surface area contributed by atoms with Gasteiger partial charge >= 0.3 is 6.03 Å². The second-order valence-corrected chi connectivity index (χ2v) is 9.23. The van der Waals surface area contributed by atoms with Crippen LogP contribution in [-0.2, 0) is 16.6 Å². The zero-order valence-corrected chi connectivity index (χ0v) is 17.2. The fourth-order valence-electron chi connectivity index (χ4n) is 2.96. The smallest absolute Gasteiger partial charge is 0.324 e. The minimum atomic E-state index is -4.01. The van der Waals surface area contributed by atoms with E-state index in [1.807, 2.05) is 6.92 Å². The molecule has 2 amide bonds. The van der Waals surface area contributed by atoms with Crippen molar-refractivity contribution in [1.29, 1.82) is 0 Å². The van der Waals surface area contributed by atoms with Crippen LogP contribution in [0.3, 0.4) is 0 Å². The lowest BCUT2D eigenvalue weighted by atomic mass is 10.2. The molecule has 5 nitrogen and oxygen atoms in total. The Hall–Kier alpha value is -1.76. The van der Waals surface area contributed by atoms with E-state index in [2.05, 4.69) is 0 Å². The minimum absolute atomic E-state index is 0.0840. The molecule has 1 fully saturated rings. The number of carbonyl (C=O) groups is 1. The summed E-state index contributed by atoms with van der Waals surface area (Å²) in [5.74, 6) is 0. The molecule has 8 heteroatoms. The molecule has 0 unspecified atom stereocenters. The molecule has 1 heterocycles. The van der Waals surface area contributed by atoms with E-state index in [0.717, 1.165) is 22.7 Å². The summed E-state index contributed by atoms with van der Waals surface area (Å²) in [5.41, 5.74) is 1.53. The lowest BCUT2D eigenvalue weighted by molar-refractivity contribution is 0.187. The Balaban J connectivity index is 1.99. The van der Waals surface area contributed by atoms with Crippen LogP contribution in [0, 0.1) is 6.92 Å². The van der Waals surface area contributed by atoms with Crippen LogP contribution in [0.2, 0.25) is 10.0 Å². The van der Waals surface area contributed by atoms with Crippen LogP contribution in [0.1, 0.15) is 24.0 Å². The third-order valence-electron chi connectivity index (χ3n) is 4.51. The van der Waals surface area contributed by atoms with E-state index >= 15 is 0 Å². The third-order valence-corrected chi connectivity index (χ3v) is 6.98. The summed E-state index contributed by atoms with van der Waals surface area (Å²) in [6, 6.07) is 10.8. The number of amides is 2. The highest BCUT2D eigenvalue weighted by atomic mass is 35.5. The lowest BCUT2D eigenvalue weighted by Gasteiger charge is -2.27. The predicted octanol–water partition coefficient (Wildman–Crippen LogP) is 4.71. The van der Waals surface area contributed by atoms with Gasteiger partial charge in [0.1, 0.15) is 0 Å². The molecule has 0 aromatic heterocycles. The molecule has 1 aliphatic heterocycles. The largest absolute Gasteiger partial charge is 0.334 e. The lowest BCUT2D eigenvalue weighted by Crippen LogP contribution is -2.44. The van der Waals surface area contributed by atoms with Gasteiger partial charge < -0.3 is 4.90 Å². The van der Waals surface area contributed by atoms with Crippen molar-refractivity contribution >= 4 is 39.3 Å². The summed E-state index contributed by atoms with van der Waals surface area (Å²) in [4.78, 5) is 14.7. The van der Waals surface area contributed by atoms with Crippen LogP contribution in [0.25, 0.3) is 0 Å². The highest BCUT2D eigenvalue weighted by Crippen LogP contribution is 2.26. The Morgan fingerprint density at radius 2 is 1.67 bits per heavy atom. The molecule has 0 bridgehead atoms. The van der Waals surface area contributed by atoms with E-state index < -0.39 is 16.1 Å². The second-order valence-electron chi connectivity index (χ2n) is 6.55. The van der Waals surface area contributed by atoms with Crippen molar-refractivity contribution in [3.8, 4) is 0 Å². The molecule has 144 valence electrons. The van der Waals surface area contributed by atoms with E-state index in [9.17, 15) is 13.2 Å². The molecule has 0 saturated carbocycles. The average Bonchev–Trinajstić information content (AvgIpc) is 3.17. The highest BCUT2D eigenvalue weighted by molar-refractivity contribution is 7.89. The first-order chi connectivity index (χ1) is 12.8. The quantitative estimate of drug-likeness (QED) is 0.710. The van der Waals surface area contributed by atoms with Gasteiger partial charge in [0.05, 0.1) is 21.5 Å². The molecule has 27 heavy (non-hydrogen) atoms. The Labute approximate surface area is 169 Å². The van der Waals surface area contributed by atoms with Crippen molar-refractivity contribution < 1.29 is 13.2 Å². The number of carbonyl (C=O) groups excluding carboxylic acids is 1. The van der Waals surface area contributed by atoms with E-state index in [0.29, 0.717) is 28.7 Å². The Bertz CT molecular complexity index is 940. The van der Waals surface area contributed by atoms with Gasteiger partial charge in [-0.3, -0.25) is 0 Å². The van der Waals surface area contributed by atoms with Gasteiger partial charge in [0, 0.05) is 13.1 Å². The first-order valence-corrected chi connectivity index (χ1v) is 10.8. The molecular weight excluding hydrogens is 407 g/mol. The summed E-state index contributed by atoms with van der Waals surface area (Å²) >= 11 is 12.0. The fourth-order valence-corrected chi connectivity index (χ4v) is 4.66. The standard InChI is InChI=1S/C19H20Cl2N2O3S/c1-14-4-7-16(8-5-14)27(25,26)23(19(24)22-10-2-3-11-22)13-15-6-9-17(20)18(21)12-15/h4-9,12H,2-3,10-11,13H2,1H3. The van der Waals surface area contributed by atoms with E-state index in [4.69, 9.17) is 23.2 Å². The Kier molecular flexibility index (Phi) is 5.99. The van der Waals surface area contributed by atoms with E-state index in [1.54, 1.807) is 35.2 Å². The molecule has 0 N–H and O–H groups in total. The number of nitrogens with zero attached hydrogens (tertiary/aromatic N) is 2. The van der Waals surface area contributed by atoms with Gasteiger partial charge in [0.25, 0.3) is 10.0 Å². The highest BCUT2D eigenvalue weighted by Gasteiger charge is 2.33. The molecule has 0 atom stereocenters. The van der Waals surface area contributed by atoms with Crippen LogP contribution in [0.5, 0.6) is 0 Å². The summed E-state index contributed by atoms with van der Waals surface area (Å²) in [6.45, 7) is 2.88. The number of urea groups is 1. The number of benzene rings is 2. The van der Waals surface area contributed by atoms with Gasteiger partial charge in [-0.1, -0.05) is 47.0 Å². The monoisotopic (exact) mass is 426 g/mol. The van der Waals surface area contributed by atoms with Gasteiger partial charge in [-0.25, -0.2) is 17.5 Å². The number of rotatable bonds is 4. The molecular formula is C19H20Cl2N2O3S. The number of sulfonamides is 1. The summed E-state index contributed by atoms with van der Waals surface area (Å²) in [7, 11) is -4.01. The van der Waals surface area contributed by atoms with Crippen molar-refractivity contribution in [3.05, 3.63) is 63.6 Å². The molecule has 0 aliphatic carbocycles. The van der Waals surface area contributed by atoms with Crippen molar-refractivity contribution in [2.75, 3.05) is 13.1 Å².